The second kappa shape index (κ2) is 19.8. The minimum absolute atomic E-state index is 0.523. The summed E-state index contributed by atoms with van der Waals surface area (Å²) in [5.74, 6) is 0. The summed E-state index contributed by atoms with van der Waals surface area (Å²) in [6.07, 6.45) is 0. The average molecular weight is 996 g/mol. The molecule has 3 heteroatoms. The maximum Gasteiger partial charge on any atom is 0.0713 e. The van der Waals surface area contributed by atoms with Gasteiger partial charge >= 0.3 is 0 Å². The Kier molecular flexibility index (Phi) is 11.8. The summed E-state index contributed by atoms with van der Waals surface area (Å²) in [5, 5.41) is 4.86. The fourth-order valence-electron chi connectivity index (χ4n) is 12.2. The van der Waals surface area contributed by atoms with Crippen molar-refractivity contribution in [2.45, 2.75) is 5.41 Å². The summed E-state index contributed by atoms with van der Waals surface area (Å²) in [7, 11) is 0. The zero-order valence-corrected chi connectivity index (χ0v) is 42.9. The number of anilines is 9. The first kappa shape index (κ1) is 46.3. The van der Waals surface area contributed by atoms with Gasteiger partial charge < -0.3 is 14.7 Å². The molecule has 13 aromatic rings. The number of fused-ring (bicyclic) bond motifs is 5. The smallest absolute Gasteiger partial charge is 0.0713 e. The van der Waals surface area contributed by atoms with Gasteiger partial charge in [-0.05, 0) is 163 Å². The van der Waals surface area contributed by atoms with Gasteiger partial charge in [0.1, 0.15) is 0 Å². The summed E-state index contributed by atoms with van der Waals surface area (Å²) < 4.78 is 0. The van der Waals surface area contributed by atoms with Crippen LogP contribution in [0.3, 0.4) is 0 Å². The molecule has 1 aliphatic carbocycles. The van der Waals surface area contributed by atoms with Crippen molar-refractivity contribution in [3.05, 3.63) is 344 Å². The maximum atomic E-state index is 2.44. The van der Waals surface area contributed by atoms with Crippen LogP contribution in [-0.2, 0) is 5.41 Å². The van der Waals surface area contributed by atoms with Gasteiger partial charge in [-0.25, -0.2) is 0 Å². The van der Waals surface area contributed by atoms with Crippen molar-refractivity contribution < 1.29 is 0 Å². The zero-order chi connectivity index (χ0) is 51.8. The Morgan fingerprint density at radius 2 is 0.603 bits per heavy atom. The maximum absolute atomic E-state index is 2.44. The molecule has 0 atom stereocenters. The van der Waals surface area contributed by atoms with E-state index in [1.807, 2.05) is 0 Å². The third kappa shape index (κ3) is 8.08. The van der Waals surface area contributed by atoms with Crippen LogP contribution < -0.4 is 14.7 Å². The molecular formula is C75H53N3. The minimum Gasteiger partial charge on any atom is -0.310 e. The fourth-order valence-corrected chi connectivity index (χ4v) is 12.2. The van der Waals surface area contributed by atoms with Crippen LogP contribution in [-0.4, -0.2) is 0 Å². The summed E-state index contributed by atoms with van der Waals surface area (Å²) in [6, 6.07) is 117. The third-order valence-corrected chi connectivity index (χ3v) is 15.6. The Morgan fingerprint density at radius 3 is 1.23 bits per heavy atom. The molecule has 0 heterocycles. The van der Waals surface area contributed by atoms with E-state index in [1.165, 1.54) is 60.5 Å². The highest BCUT2D eigenvalue weighted by Crippen LogP contribution is 2.57. The Labute approximate surface area is 456 Å². The predicted octanol–water partition coefficient (Wildman–Crippen LogP) is 20.4. The molecule has 0 spiro atoms. The van der Waals surface area contributed by atoms with Crippen LogP contribution in [0, 0.1) is 0 Å². The summed E-state index contributed by atoms with van der Waals surface area (Å²) >= 11 is 0. The van der Waals surface area contributed by atoms with E-state index in [2.05, 4.69) is 336 Å². The molecule has 0 saturated heterocycles. The SMILES string of the molecule is c1ccc(N(c2cccc(-c3cccc4ccccc34)c2)c2cccc(N(c3cccc(N(c4ccccc4)c4ccc5ccccc5c4)c3)c3ccc4c(c3)-c3ccccc3C4(c3ccccc3)c3ccccc3)c2)cc1. The second-order valence-corrected chi connectivity index (χ2v) is 20.1. The highest BCUT2D eigenvalue weighted by molar-refractivity contribution is 5.98. The van der Waals surface area contributed by atoms with E-state index < -0.39 is 5.41 Å². The molecule has 368 valence electrons. The molecule has 0 fully saturated rings. The normalized spacial score (nSPS) is 12.2. The monoisotopic (exact) mass is 995 g/mol. The lowest BCUT2D eigenvalue weighted by molar-refractivity contribution is 0.768. The molecule has 0 unspecified atom stereocenters. The largest absolute Gasteiger partial charge is 0.310 e. The van der Waals surface area contributed by atoms with E-state index >= 15 is 0 Å². The van der Waals surface area contributed by atoms with E-state index in [0.29, 0.717) is 0 Å². The van der Waals surface area contributed by atoms with Crippen LogP contribution in [0.5, 0.6) is 0 Å². The van der Waals surface area contributed by atoms with E-state index in [1.54, 1.807) is 0 Å². The molecule has 1 aliphatic rings. The van der Waals surface area contributed by atoms with Gasteiger partial charge in [0.15, 0.2) is 0 Å². The molecule has 0 radical (unpaired) electrons. The molecular weight excluding hydrogens is 943 g/mol. The quantitative estimate of drug-likeness (QED) is 0.121. The Bertz CT molecular complexity index is 4240. The van der Waals surface area contributed by atoms with E-state index in [-0.39, 0.29) is 0 Å². The van der Waals surface area contributed by atoms with Gasteiger partial charge in [0.25, 0.3) is 0 Å². The van der Waals surface area contributed by atoms with Crippen molar-refractivity contribution >= 4 is 72.7 Å². The predicted molar refractivity (Wildman–Crippen MR) is 328 cm³/mol. The summed E-state index contributed by atoms with van der Waals surface area (Å²) in [6.45, 7) is 0. The van der Waals surface area contributed by atoms with Crippen molar-refractivity contribution in [1.82, 2.24) is 0 Å². The van der Waals surface area contributed by atoms with Gasteiger partial charge in [0, 0.05) is 51.2 Å². The third-order valence-electron chi connectivity index (χ3n) is 15.6. The van der Waals surface area contributed by atoms with Crippen LogP contribution in [0.2, 0.25) is 0 Å². The molecule has 0 saturated carbocycles. The van der Waals surface area contributed by atoms with Crippen LogP contribution in [0.15, 0.2) is 322 Å². The summed E-state index contributed by atoms with van der Waals surface area (Å²) in [5.41, 5.74) is 18.8. The van der Waals surface area contributed by atoms with Crippen LogP contribution in [0.25, 0.3) is 43.8 Å². The van der Waals surface area contributed by atoms with Crippen LogP contribution >= 0.6 is 0 Å². The molecule has 13 aromatic carbocycles. The lowest BCUT2D eigenvalue weighted by atomic mass is 9.68. The lowest BCUT2D eigenvalue weighted by Crippen LogP contribution is -2.28. The molecule has 0 N–H and O–H groups in total. The van der Waals surface area contributed by atoms with Crippen molar-refractivity contribution in [2.24, 2.45) is 0 Å². The number of benzene rings is 13. The number of nitrogens with zero attached hydrogens (tertiary/aromatic N) is 3. The van der Waals surface area contributed by atoms with Gasteiger partial charge in [-0.1, -0.05) is 224 Å². The van der Waals surface area contributed by atoms with Crippen molar-refractivity contribution in [3.8, 4) is 22.3 Å². The first-order valence-electron chi connectivity index (χ1n) is 26.8. The molecule has 3 nitrogen and oxygen atoms in total. The first-order chi connectivity index (χ1) is 38.7. The van der Waals surface area contributed by atoms with Crippen molar-refractivity contribution in [2.75, 3.05) is 14.7 Å². The van der Waals surface area contributed by atoms with Crippen molar-refractivity contribution in [3.63, 3.8) is 0 Å². The standard InChI is InChI=1S/C75H53N3/c1-5-28-58(29-6-1)75(59-30-7-2-8-31-59)73-44-18-17-42-71(73)72-53-68(47-48-74(72)75)78(66-40-22-38-64(52-66)77(61-34-11-4-12-35-61)67-46-45-54-23-13-14-25-56(54)49-67)65-39-21-37-63(51-65)76(60-32-9-3-10-33-60)62-36-19-27-57(50-62)70-43-20-26-55-24-15-16-41-69(55)70/h1-53H. The molecule has 0 bridgehead atoms. The highest BCUT2D eigenvalue weighted by Gasteiger charge is 2.46. The first-order valence-corrected chi connectivity index (χ1v) is 26.8. The van der Waals surface area contributed by atoms with Crippen LogP contribution in [0.1, 0.15) is 22.3 Å². The van der Waals surface area contributed by atoms with Crippen LogP contribution in [0.4, 0.5) is 51.2 Å². The van der Waals surface area contributed by atoms with Gasteiger partial charge in [-0.15, -0.1) is 0 Å². The Hall–Kier alpha value is -10.2. The highest BCUT2D eigenvalue weighted by atomic mass is 15.2. The number of hydrogen-bond donors (Lipinski definition) is 0. The van der Waals surface area contributed by atoms with Gasteiger partial charge in [0.05, 0.1) is 5.41 Å². The molecule has 0 aliphatic heterocycles. The van der Waals surface area contributed by atoms with E-state index in [0.717, 1.165) is 56.7 Å². The number of rotatable bonds is 12. The Balaban J connectivity index is 0.975. The van der Waals surface area contributed by atoms with E-state index in [4.69, 9.17) is 0 Å². The number of hydrogen-bond acceptors (Lipinski definition) is 3. The van der Waals surface area contributed by atoms with Gasteiger partial charge in [-0.3, -0.25) is 0 Å². The average Bonchev–Trinajstić information content (AvgIpc) is 4.03. The van der Waals surface area contributed by atoms with Gasteiger partial charge in [-0.2, -0.15) is 0 Å². The number of para-hydroxylation sites is 2. The zero-order valence-electron chi connectivity index (χ0n) is 42.9. The van der Waals surface area contributed by atoms with Crippen molar-refractivity contribution in [1.29, 1.82) is 0 Å². The van der Waals surface area contributed by atoms with Gasteiger partial charge in [0.2, 0.25) is 0 Å². The topological polar surface area (TPSA) is 9.72 Å². The molecule has 0 aromatic heterocycles. The molecule has 0 amide bonds. The Morgan fingerprint density at radius 1 is 0.205 bits per heavy atom. The molecule has 14 rings (SSSR count). The lowest BCUT2D eigenvalue weighted by Gasteiger charge is -2.34. The second-order valence-electron chi connectivity index (χ2n) is 20.1. The molecule has 78 heavy (non-hydrogen) atoms. The fraction of sp³-hybridized carbons (Fsp3) is 0.0133. The summed E-state index contributed by atoms with van der Waals surface area (Å²) in [4.78, 5) is 7.20. The van der Waals surface area contributed by atoms with E-state index in [9.17, 15) is 0 Å². The minimum atomic E-state index is -0.523.